The normalized spacial score (nSPS) is 14.0. The summed E-state index contributed by atoms with van der Waals surface area (Å²) in [5.74, 6) is 0. The zero-order chi connectivity index (χ0) is 33.9. The average molecular weight is 648 g/mol. The van der Waals surface area contributed by atoms with Gasteiger partial charge in [0.05, 0.1) is 58.5 Å². The molecule has 0 radical (unpaired) electrons. The lowest BCUT2D eigenvalue weighted by molar-refractivity contribution is 0.0145. The third kappa shape index (κ3) is 9.71. The maximum atomic E-state index is 6.22. The van der Waals surface area contributed by atoms with Gasteiger partial charge in [0.25, 0.3) is 0 Å². The first-order chi connectivity index (χ1) is 22.5. The second-order valence-electron chi connectivity index (χ2n) is 14.5. The third-order valence-electron chi connectivity index (χ3n) is 9.11. The Labute approximate surface area is 283 Å². The molecule has 1 aliphatic carbocycles. The Balaban J connectivity index is 1.68. The molecule has 2 aromatic carbocycles. The topological polar surface area (TPSA) is 68.3 Å². The monoisotopic (exact) mass is 647 g/mol. The second-order valence-corrected chi connectivity index (χ2v) is 14.5. The van der Waals surface area contributed by atoms with Gasteiger partial charge in [-0.2, -0.15) is 0 Å². The van der Waals surface area contributed by atoms with Crippen LogP contribution in [0.15, 0.2) is 54.7 Å². The van der Waals surface area contributed by atoms with Gasteiger partial charge in [0.2, 0.25) is 0 Å². The SMILES string of the molecule is COCCOCCOCCC1(CCOCCOCCOC)c2cc(-c3ccc(C(C)(C)C)cn3)ccc2-c2ccc(C(C)(C)C)cc21. The minimum atomic E-state index is -0.291. The molecule has 3 aromatic rings. The van der Waals surface area contributed by atoms with Crippen molar-refractivity contribution in [3.63, 3.8) is 0 Å². The van der Waals surface area contributed by atoms with Crippen LogP contribution in [0, 0.1) is 0 Å². The van der Waals surface area contributed by atoms with Crippen LogP contribution in [0.4, 0.5) is 0 Å². The van der Waals surface area contributed by atoms with Crippen LogP contribution in [-0.4, -0.2) is 85.3 Å². The van der Waals surface area contributed by atoms with E-state index in [1.807, 2.05) is 6.20 Å². The smallest absolute Gasteiger partial charge is 0.0702 e. The minimum absolute atomic E-state index is 0.0194. The highest BCUT2D eigenvalue weighted by molar-refractivity contribution is 5.84. The first-order valence-electron chi connectivity index (χ1n) is 17.1. The predicted octanol–water partition coefficient (Wildman–Crippen LogP) is 7.75. The number of pyridine rings is 1. The third-order valence-corrected chi connectivity index (χ3v) is 9.11. The van der Waals surface area contributed by atoms with E-state index in [0.29, 0.717) is 66.1 Å². The lowest BCUT2D eigenvalue weighted by Gasteiger charge is -2.33. The van der Waals surface area contributed by atoms with Crippen LogP contribution >= 0.6 is 0 Å². The lowest BCUT2D eigenvalue weighted by Crippen LogP contribution is -2.30. The van der Waals surface area contributed by atoms with E-state index in [0.717, 1.165) is 24.1 Å². The fourth-order valence-corrected chi connectivity index (χ4v) is 6.21. The number of fused-ring (bicyclic) bond motifs is 3. The molecule has 0 atom stereocenters. The summed E-state index contributed by atoms with van der Waals surface area (Å²) in [6.45, 7) is 19.2. The first-order valence-corrected chi connectivity index (χ1v) is 17.1. The molecule has 0 bridgehead atoms. The maximum absolute atomic E-state index is 6.22. The van der Waals surface area contributed by atoms with Gasteiger partial charge < -0.3 is 28.4 Å². The summed E-state index contributed by atoms with van der Waals surface area (Å²) in [7, 11) is 3.37. The van der Waals surface area contributed by atoms with Crippen molar-refractivity contribution in [1.82, 2.24) is 4.98 Å². The fraction of sp³-hybridized carbons (Fsp3) is 0.575. The summed E-state index contributed by atoms with van der Waals surface area (Å²) in [6.07, 6.45) is 3.67. The zero-order valence-corrected chi connectivity index (χ0v) is 30.1. The maximum Gasteiger partial charge on any atom is 0.0702 e. The molecule has 0 unspecified atom stereocenters. The highest BCUT2D eigenvalue weighted by Gasteiger charge is 2.43. The van der Waals surface area contributed by atoms with Gasteiger partial charge in [-0.25, -0.2) is 0 Å². The summed E-state index contributed by atoms with van der Waals surface area (Å²) in [6, 6.07) is 18.3. The first kappa shape index (κ1) is 37.2. The van der Waals surface area contributed by atoms with Gasteiger partial charge in [0.15, 0.2) is 0 Å². The van der Waals surface area contributed by atoms with Crippen molar-refractivity contribution in [1.29, 1.82) is 0 Å². The van der Waals surface area contributed by atoms with Gasteiger partial charge >= 0.3 is 0 Å². The molecule has 0 saturated carbocycles. The van der Waals surface area contributed by atoms with Gasteiger partial charge in [-0.3, -0.25) is 4.98 Å². The molecule has 1 aliphatic rings. The lowest BCUT2D eigenvalue weighted by atomic mass is 9.71. The van der Waals surface area contributed by atoms with E-state index in [9.17, 15) is 0 Å². The zero-order valence-electron chi connectivity index (χ0n) is 30.1. The summed E-state index contributed by atoms with van der Waals surface area (Å²) < 4.78 is 34.0. The number of methoxy groups -OCH3 is 2. The van der Waals surface area contributed by atoms with Crippen LogP contribution < -0.4 is 0 Å². The Morgan fingerprint density at radius 3 is 1.49 bits per heavy atom. The Hall–Kier alpha value is -2.65. The molecule has 7 heteroatoms. The summed E-state index contributed by atoms with van der Waals surface area (Å²) >= 11 is 0. The van der Waals surface area contributed by atoms with Gasteiger partial charge in [0.1, 0.15) is 0 Å². The van der Waals surface area contributed by atoms with Crippen molar-refractivity contribution in [3.05, 3.63) is 77.0 Å². The highest BCUT2D eigenvalue weighted by Crippen LogP contribution is 2.54. The minimum Gasteiger partial charge on any atom is -0.382 e. The molecule has 0 fully saturated rings. The number of aromatic nitrogens is 1. The molecule has 0 saturated heterocycles. The average Bonchev–Trinajstić information content (AvgIpc) is 3.31. The fourth-order valence-electron chi connectivity index (χ4n) is 6.21. The molecule has 1 aromatic heterocycles. The number of benzene rings is 2. The van der Waals surface area contributed by atoms with Gasteiger partial charge in [-0.15, -0.1) is 0 Å². The summed E-state index contributed by atoms with van der Waals surface area (Å²) in [5, 5.41) is 0. The molecule has 258 valence electrons. The van der Waals surface area contributed by atoms with E-state index in [1.165, 1.54) is 33.4 Å². The Morgan fingerprint density at radius 1 is 0.532 bits per heavy atom. The number of hydrogen-bond donors (Lipinski definition) is 0. The van der Waals surface area contributed by atoms with Crippen molar-refractivity contribution in [3.8, 4) is 22.4 Å². The van der Waals surface area contributed by atoms with Crippen molar-refractivity contribution in [2.45, 2.75) is 70.6 Å². The van der Waals surface area contributed by atoms with E-state index in [2.05, 4.69) is 90.1 Å². The molecule has 47 heavy (non-hydrogen) atoms. The number of hydrogen-bond acceptors (Lipinski definition) is 7. The largest absolute Gasteiger partial charge is 0.382 e. The van der Waals surface area contributed by atoms with Crippen LogP contribution in [0.3, 0.4) is 0 Å². The van der Waals surface area contributed by atoms with Crippen molar-refractivity contribution < 1.29 is 28.4 Å². The molecule has 4 rings (SSSR count). The number of nitrogens with zero attached hydrogens (tertiary/aromatic N) is 1. The van der Waals surface area contributed by atoms with E-state index >= 15 is 0 Å². The van der Waals surface area contributed by atoms with Crippen LogP contribution in [0.2, 0.25) is 0 Å². The molecular formula is C40H57NO6. The summed E-state index contributed by atoms with van der Waals surface area (Å²) in [4.78, 5) is 4.92. The van der Waals surface area contributed by atoms with Crippen LogP contribution in [0.1, 0.15) is 76.6 Å². The van der Waals surface area contributed by atoms with Crippen LogP contribution in [0.5, 0.6) is 0 Å². The van der Waals surface area contributed by atoms with Gasteiger partial charge in [-0.05, 0) is 69.2 Å². The van der Waals surface area contributed by atoms with Gasteiger partial charge in [0, 0.05) is 44.6 Å². The summed E-state index contributed by atoms with van der Waals surface area (Å²) in [5.41, 5.74) is 9.68. The Kier molecular flexibility index (Phi) is 13.6. The van der Waals surface area contributed by atoms with Crippen LogP contribution in [-0.2, 0) is 44.7 Å². The standard InChI is InChI=1S/C40H57NO6/c1-38(2,3)31-10-13-34-33-12-9-30(37-14-11-32(29-41-37)39(4,5)6)27-35(33)40(36(34)28-31,15-17-44-23-25-46-21-19-42-7)16-18-45-24-26-47-22-20-43-8/h9-14,27-29H,15-26H2,1-8H3. The van der Waals surface area contributed by atoms with Crippen molar-refractivity contribution in [2.75, 3.05) is 80.3 Å². The van der Waals surface area contributed by atoms with E-state index in [1.54, 1.807) is 14.2 Å². The molecule has 7 nitrogen and oxygen atoms in total. The second kappa shape index (κ2) is 17.1. The Morgan fingerprint density at radius 2 is 1.00 bits per heavy atom. The molecule has 0 aliphatic heterocycles. The van der Waals surface area contributed by atoms with E-state index in [-0.39, 0.29) is 16.2 Å². The molecule has 0 N–H and O–H groups in total. The number of rotatable bonds is 19. The van der Waals surface area contributed by atoms with Crippen molar-refractivity contribution in [2.24, 2.45) is 0 Å². The highest BCUT2D eigenvalue weighted by atomic mass is 16.5. The van der Waals surface area contributed by atoms with E-state index < -0.39 is 0 Å². The van der Waals surface area contributed by atoms with Crippen molar-refractivity contribution >= 4 is 0 Å². The number of ether oxygens (including phenoxy) is 6. The van der Waals surface area contributed by atoms with Gasteiger partial charge in [-0.1, -0.05) is 77.9 Å². The van der Waals surface area contributed by atoms with Crippen LogP contribution in [0.25, 0.3) is 22.4 Å². The molecule has 1 heterocycles. The quantitative estimate of drug-likeness (QED) is 0.123. The predicted molar refractivity (Wildman–Crippen MR) is 190 cm³/mol. The van der Waals surface area contributed by atoms with E-state index in [4.69, 9.17) is 33.4 Å². The Bertz CT molecular complexity index is 1370. The molecule has 0 amide bonds. The molecule has 0 spiro atoms. The molecular weight excluding hydrogens is 590 g/mol.